The van der Waals surface area contributed by atoms with E-state index in [0.29, 0.717) is 12.3 Å². The number of nitrogens with zero attached hydrogens (tertiary/aromatic N) is 1. The molecule has 0 aromatic heterocycles. The second kappa shape index (κ2) is 8.69. The summed E-state index contributed by atoms with van der Waals surface area (Å²) in [6, 6.07) is 15.2. The minimum absolute atomic E-state index is 0.128. The van der Waals surface area contributed by atoms with E-state index in [-0.39, 0.29) is 12.5 Å². The van der Waals surface area contributed by atoms with Gasteiger partial charge in [0.15, 0.2) is 0 Å². The van der Waals surface area contributed by atoms with E-state index in [4.69, 9.17) is 4.74 Å². The summed E-state index contributed by atoms with van der Waals surface area (Å²) < 4.78 is 5.24. The average Bonchev–Trinajstić information content (AvgIpc) is 2.79. The Bertz CT molecular complexity index is 891. The third-order valence-corrected chi connectivity index (χ3v) is 4.43. The van der Waals surface area contributed by atoms with Gasteiger partial charge >= 0.3 is 6.09 Å². The number of benzene rings is 2. The zero-order chi connectivity index (χ0) is 20.1. The highest BCUT2D eigenvalue weighted by molar-refractivity contribution is 6.12. The highest BCUT2D eigenvalue weighted by Crippen LogP contribution is 2.26. The molecule has 1 aliphatic rings. The van der Waals surface area contributed by atoms with Crippen molar-refractivity contribution >= 4 is 23.4 Å². The number of aryl methyl sites for hydroxylation is 1. The Morgan fingerprint density at radius 2 is 1.93 bits per heavy atom. The van der Waals surface area contributed by atoms with Crippen molar-refractivity contribution in [2.45, 2.75) is 40.0 Å². The number of anilines is 1. The molecular weight excluding hydrogens is 354 g/mol. The molecule has 28 heavy (non-hydrogen) atoms. The maximum atomic E-state index is 12.7. The number of carbonyl (C=O) groups is 2. The van der Waals surface area contributed by atoms with Crippen LogP contribution >= 0.6 is 0 Å². The molecule has 2 amide bonds. The first kappa shape index (κ1) is 19.6. The summed E-state index contributed by atoms with van der Waals surface area (Å²) in [7, 11) is 0. The molecule has 0 saturated carbocycles. The second-order valence-electron chi connectivity index (χ2n) is 7.27. The Kier molecular flexibility index (Phi) is 6.09. The van der Waals surface area contributed by atoms with Crippen molar-refractivity contribution in [1.82, 2.24) is 5.32 Å². The Morgan fingerprint density at radius 3 is 2.64 bits per heavy atom. The fourth-order valence-corrected chi connectivity index (χ4v) is 3.07. The fraction of sp³-hybridized carbons (Fsp3) is 0.318. The molecule has 3 rings (SSSR count). The number of carbonyl (C=O) groups excluding carboxylic acids is 2. The normalized spacial score (nSPS) is 15.9. The second-order valence-corrected chi connectivity index (χ2v) is 7.27. The largest absolute Gasteiger partial charge is 0.445 e. The molecule has 1 atom stereocenters. The SMILES string of the molecule is Cc1cccc2c1NC(=O)[C@@H](NC(=O)OCc1ccccc1)N=C2CC(C)C. The van der Waals surface area contributed by atoms with Crippen LogP contribution in [-0.2, 0) is 16.1 Å². The molecule has 0 aliphatic carbocycles. The van der Waals surface area contributed by atoms with Crippen LogP contribution in [0.5, 0.6) is 0 Å². The zero-order valence-electron chi connectivity index (χ0n) is 16.4. The van der Waals surface area contributed by atoms with Crippen LogP contribution in [0.3, 0.4) is 0 Å². The van der Waals surface area contributed by atoms with E-state index in [1.54, 1.807) is 0 Å². The number of rotatable bonds is 5. The topological polar surface area (TPSA) is 79.8 Å². The van der Waals surface area contributed by atoms with E-state index >= 15 is 0 Å². The van der Waals surface area contributed by atoms with Gasteiger partial charge in [0.05, 0.1) is 5.69 Å². The van der Waals surface area contributed by atoms with Crippen molar-refractivity contribution in [1.29, 1.82) is 0 Å². The minimum Gasteiger partial charge on any atom is -0.445 e. The van der Waals surface area contributed by atoms with E-state index in [9.17, 15) is 9.59 Å². The number of para-hydroxylation sites is 1. The number of nitrogens with one attached hydrogen (secondary N) is 2. The molecule has 0 spiro atoms. The fourth-order valence-electron chi connectivity index (χ4n) is 3.07. The Balaban J connectivity index is 1.78. The van der Waals surface area contributed by atoms with Gasteiger partial charge < -0.3 is 10.1 Å². The number of alkyl carbamates (subject to hydrolysis) is 1. The Morgan fingerprint density at radius 1 is 1.18 bits per heavy atom. The summed E-state index contributed by atoms with van der Waals surface area (Å²) in [5, 5.41) is 5.48. The highest BCUT2D eigenvalue weighted by Gasteiger charge is 2.27. The van der Waals surface area contributed by atoms with Crippen molar-refractivity contribution in [2.24, 2.45) is 10.9 Å². The van der Waals surface area contributed by atoms with Crippen LogP contribution in [0.25, 0.3) is 0 Å². The van der Waals surface area contributed by atoms with Gasteiger partial charge in [0.2, 0.25) is 6.17 Å². The number of benzodiazepines with no additional fused rings is 1. The first-order valence-corrected chi connectivity index (χ1v) is 9.38. The lowest BCUT2D eigenvalue weighted by Gasteiger charge is -2.14. The summed E-state index contributed by atoms with van der Waals surface area (Å²) >= 11 is 0. The molecule has 0 saturated heterocycles. The highest BCUT2D eigenvalue weighted by atomic mass is 16.5. The van der Waals surface area contributed by atoms with Crippen LogP contribution in [-0.4, -0.2) is 23.9 Å². The molecule has 0 radical (unpaired) electrons. The van der Waals surface area contributed by atoms with E-state index in [1.807, 2.05) is 55.5 Å². The van der Waals surface area contributed by atoms with Crippen LogP contribution in [0.2, 0.25) is 0 Å². The summed E-state index contributed by atoms with van der Waals surface area (Å²) in [5.41, 5.74) is 4.25. The maximum absolute atomic E-state index is 12.7. The summed E-state index contributed by atoms with van der Waals surface area (Å²) in [6.07, 6.45) is -1.02. The van der Waals surface area contributed by atoms with Crippen LogP contribution in [0.15, 0.2) is 53.5 Å². The van der Waals surface area contributed by atoms with Gasteiger partial charge in [0.25, 0.3) is 5.91 Å². The van der Waals surface area contributed by atoms with Gasteiger partial charge in [0, 0.05) is 11.3 Å². The smallest absolute Gasteiger partial charge is 0.409 e. The van der Waals surface area contributed by atoms with E-state index < -0.39 is 12.3 Å². The van der Waals surface area contributed by atoms with Gasteiger partial charge in [-0.3, -0.25) is 15.1 Å². The number of hydrogen-bond acceptors (Lipinski definition) is 4. The predicted molar refractivity (Wildman–Crippen MR) is 109 cm³/mol. The lowest BCUT2D eigenvalue weighted by atomic mass is 9.97. The average molecular weight is 379 g/mol. The number of amides is 2. The number of fused-ring (bicyclic) bond motifs is 1. The van der Waals surface area contributed by atoms with Crippen molar-refractivity contribution in [3.05, 3.63) is 65.2 Å². The molecule has 2 aromatic carbocycles. The van der Waals surface area contributed by atoms with E-state index in [1.165, 1.54) is 0 Å². The molecule has 0 fully saturated rings. The lowest BCUT2D eigenvalue weighted by molar-refractivity contribution is -0.117. The zero-order valence-corrected chi connectivity index (χ0v) is 16.4. The Hall–Kier alpha value is -3.15. The van der Waals surface area contributed by atoms with Crippen LogP contribution in [0.4, 0.5) is 10.5 Å². The van der Waals surface area contributed by atoms with Gasteiger partial charge in [-0.2, -0.15) is 0 Å². The molecule has 1 aliphatic heterocycles. The number of hydrogen-bond donors (Lipinski definition) is 2. The van der Waals surface area contributed by atoms with Gasteiger partial charge in [-0.05, 0) is 30.4 Å². The van der Waals surface area contributed by atoms with Gasteiger partial charge in [0.1, 0.15) is 6.61 Å². The molecule has 6 heteroatoms. The van der Waals surface area contributed by atoms with E-state index in [0.717, 1.165) is 28.1 Å². The lowest BCUT2D eigenvalue weighted by Crippen LogP contribution is -2.42. The minimum atomic E-state index is -1.04. The van der Waals surface area contributed by atoms with Crippen LogP contribution < -0.4 is 10.6 Å². The third kappa shape index (κ3) is 4.76. The first-order valence-electron chi connectivity index (χ1n) is 9.38. The predicted octanol–water partition coefficient (Wildman–Crippen LogP) is 4.03. The molecule has 146 valence electrons. The summed E-state index contributed by atoms with van der Waals surface area (Å²) in [6.45, 7) is 6.25. The molecule has 2 aromatic rings. The van der Waals surface area contributed by atoms with Gasteiger partial charge in [-0.15, -0.1) is 0 Å². The van der Waals surface area contributed by atoms with Crippen molar-refractivity contribution in [3.63, 3.8) is 0 Å². The molecule has 6 nitrogen and oxygen atoms in total. The van der Waals surface area contributed by atoms with Gasteiger partial charge in [-0.25, -0.2) is 4.79 Å². The monoisotopic (exact) mass is 379 g/mol. The van der Waals surface area contributed by atoms with Crippen molar-refractivity contribution in [3.8, 4) is 0 Å². The van der Waals surface area contributed by atoms with Crippen molar-refractivity contribution < 1.29 is 14.3 Å². The number of ether oxygens (including phenoxy) is 1. The van der Waals surface area contributed by atoms with Crippen LogP contribution in [0, 0.1) is 12.8 Å². The molecule has 0 bridgehead atoms. The molecule has 2 N–H and O–H groups in total. The first-order chi connectivity index (χ1) is 13.4. The Labute approximate surface area is 165 Å². The standard InChI is InChI=1S/C22H25N3O3/c1-14(2)12-18-17-11-7-8-15(3)19(17)24-21(26)20(23-18)25-22(27)28-13-16-9-5-4-6-10-16/h4-11,14,20H,12-13H2,1-3H3,(H,24,26)(H,25,27)/t20-/m1/s1. The molecular formula is C22H25N3O3. The van der Waals surface area contributed by atoms with Crippen molar-refractivity contribution in [2.75, 3.05) is 5.32 Å². The van der Waals surface area contributed by atoms with Crippen LogP contribution in [0.1, 0.15) is 37.0 Å². The summed E-state index contributed by atoms with van der Waals surface area (Å²) in [4.78, 5) is 29.5. The van der Waals surface area contributed by atoms with Gasteiger partial charge in [-0.1, -0.05) is 62.4 Å². The third-order valence-electron chi connectivity index (χ3n) is 4.43. The number of aliphatic imine (C=N–C) groups is 1. The maximum Gasteiger partial charge on any atom is 0.409 e. The quantitative estimate of drug-likeness (QED) is 0.823. The van der Waals surface area contributed by atoms with E-state index in [2.05, 4.69) is 29.5 Å². The summed E-state index contributed by atoms with van der Waals surface area (Å²) in [5.74, 6) is -0.0306. The molecule has 0 unspecified atom stereocenters. The molecule has 1 heterocycles.